The summed E-state index contributed by atoms with van der Waals surface area (Å²) in [5.41, 5.74) is 2.35. The Balaban J connectivity index is 1.83. The van der Waals surface area contributed by atoms with E-state index in [2.05, 4.69) is 34.9 Å². The van der Waals surface area contributed by atoms with E-state index in [9.17, 15) is 4.79 Å². The van der Waals surface area contributed by atoms with Crippen LogP contribution < -0.4 is 10.6 Å². The number of methoxy groups -OCH3 is 1. The number of nitrogens with one attached hydrogen (secondary N) is 2. The Kier molecular flexibility index (Phi) is 4.73. The zero-order chi connectivity index (χ0) is 12.8. The number of benzene rings is 1. The van der Waals surface area contributed by atoms with Crippen molar-refractivity contribution in [2.24, 2.45) is 0 Å². The lowest BCUT2D eigenvalue weighted by molar-refractivity contribution is -0.124. The maximum absolute atomic E-state index is 11.6. The molecule has 1 atom stereocenters. The number of carbonyl (C=O) groups is 1. The average Bonchev–Trinajstić information content (AvgIpc) is 2.40. The highest BCUT2D eigenvalue weighted by Crippen LogP contribution is 2.08. The van der Waals surface area contributed by atoms with Crippen LogP contribution in [-0.2, 0) is 22.7 Å². The molecule has 1 aromatic rings. The summed E-state index contributed by atoms with van der Waals surface area (Å²) in [6.45, 7) is 2.17. The van der Waals surface area contributed by atoms with E-state index in [1.165, 1.54) is 5.56 Å². The molecule has 0 aliphatic carbocycles. The molecule has 0 saturated carbocycles. The molecule has 1 unspecified atom stereocenters. The average molecular weight is 248 g/mol. The summed E-state index contributed by atoms with van der Waals surface area (Å²) in [7, 11) is 1.69. The van der Waals surface area contributed by atoms with Crippen molar-refractivity contribution < 1.29 is 9.53 Å². The summed E-state index contributed by atoms with van der Waals surface area (Å²) < 4.78 is 5.07. The van der Waals surface area contributed by atoms with Gasteiger partial charge in [0.2, 0.25) is 5.91 Å². The van der Waals surface area contributed by atoms with E-state index in [-0.39, 0.29) is 11.9 Å². The maximum Gasteiger partial charge on any atom is 0.237 e. The van der Waals surface area contributed by atoms with Crippen LogP contribution in [0.4, 0.5) is 0 Å². The van der Waals surface area contributed by atoms with Gasteiger partial charge in [0.1, 0.15) is 0 Å². The van der Waals surface area contributed by atoms with E-state index in [4.69, 9.17) is 4.74 Å². The van der Waals surface area contributed by atoms with Crippen LogP contribution in [0.25, 0.3) is 0 Å². The van der Waals surface area contributed by atoms with Gasteiger partial charge in [0, 0.05) is 20.2 Å². The maximum atomic E-state index is 11.6. The molecule has 18 heavy (non-hydrogen) atoms. The van der Waals surface area contributed by atoms with Gasteiger partial charge in [0.15, 0.2) is 0 Å². The summed E-state index contributed by atoms with van der Waals surface area (Å²) in [6.07, 6.45) is 1.98. The van der Waals surface area contributed by atoms with Crippen LogP contribution in [0.5, 0.6) is 0 Å². The van der Waals surface area contributed by atoms with Crippen LogP contribution in [0, 0.1) is 0 Å². The number of piperidine rings is 1. The summed E-state index contributed by atoms with van der Waals surface area (Å²) in [4.78, 5) is 11.6. The molecule has 98 valence electrons. The first-order valence-electron chi connectivity index (χ1n) is 6.37. The number of amides is 1. The summed E-state index contributed by atoms with van der Waals surface area (Å²) in [6, 6.07) is 8.21. The summed E-state index contributed by atoms with van der Waals surface area (Å²) in [5.74, 6) is 0.122. The normalized spacial score (nSPS) is 19.6. The molecule has 4 heteroatoms. The smallest absolute Gasteiger partial charge is 0.237 e. The number of rotatable bonds is 5. The minimum Gasteiger partial charge on any atom is -0.380 e. The Bertz CT molecular complexity index is 389. The van der Waals surface area contributed by atoms with Crippen molar-refractivity contribution in [3.63, 3.8) is 0 Å². The summed E-state index contributed by atoms with van der Waals surface area (Å²) in [5, 5.41) is 6.17. The zero-order valence-corrected chi connectivity index (χ0v) is 10.7. The Morgan fingerprint density at radius 3 is 2.72 bits per heavy atom. The van der Waals surface area contributed by atoms with Crippen LogP contribution in [0.3, 0.4) is 0 Å². The molecular weight excluding hydrogens is 228 g/mol. The topological polar surface area (TPSA) is 50.4 Å². The Morgan fingerprint density at radius 2 is 2.06 bits per heavy atom. The monoisotopic (exact) mass is 248 g/mol. The van der Waals surface area contributed by atoms with Gasteiger partial charge in [-0.15, -0.1) is 0 Å². The molecule has 1 aromatic carbocycles. The Labute approximate surface area is 108 Å². The Morgan fingerprint density at radius 1 is 1.33 bits per heavy atom. The van der Waals surface area contributed by atoms with Gasteiger partial charge in [-0.1, -0.05) is 24.3 Å². The van der Waals surface area contributed by atoms with Gasteiger partial charge < -0.3 is 15.4 Å². The SMILES string of the molecule is COCc1ccc(CNC2CCCNC2=O)cc1. The van der Waals surface area contributed by atoms with Gasteiger partial charge in [-0.05, 0) is 24.0 Å². The third kappa shape index (κ3) is 3.55. The number of hydrogen-bond acceptors (Lipinski definition) is 3. The highest BCUT2D eigenvalue weighted by Gasteiger charge is 2.20. The first-order valence-corrected chi connectivity index (χ1v) is 6.37. The second-order valence-corrected chi connectivity index (χ2v) is 4.62. The molecule has 1 fully saturated rings. The summed E-state index contributed by atoms with van der Waals surface area (Å²) >= 11 is 0. The second kappa shape index (κ2) is 6.52. The molecule has 4 nitrogen and oxygen atoms in total. The lowest BCUT2D eigenvalue weighted by Crippen LogP contribution is -2.47. The third-order valence-electron chi connectivity index (χ3n) is 3.17. The largest absolute Gasteiger partial charge is 0.380 e. The first kappa shape index (κ1) is 13.1. The van der Waals surface area contributed by atoms with E-state index in [0.29, 0.717) is 6.61 Å². The van der Waals surface area contributed by atoms with Crippen molar-refractivity contribution in [1.29, 1.82) is 0 Å². The van der Waals surface area contributed by atoms with Crippen LogP contribution in [0.1, 0.15) is 24.0 Å². The van der Waals surface area contributed by atoms with E-state index < -0.39 is 0 Å². The van der Waals surface area contributed by atoms with E-state index >= 15 is 0 Å². The molecule has 1 heterocycles. The van der Waals surface area contributed by atoms with Gasteiger partial charge in [-0.25, -0.2) is 0 Å². The second-order valence-electron chi connectivity index (χ2n) is 4.62. The molecule has 0 spiro atoms. The van der Waals surface area contributed by atoms with Crippen molar-refractivity contribution in [2.75, 3.05) is 13.7 Å². The van der Waals surface area contributed by atoms with Crippen LogP contribution in [-0.4, -0.2) is 25.6 Å². The van der Waals surface area contributed by atoms with Crippen LogP contribution in [0.15, 0.2) is 24.3 Å². The molecule has 1 saturated heterocycles. The minimum atomic E-state index is -0.0441. The van der Waals surface area contributed by atoms with Crippen molar-refractivity contribution in [3.8, 4) is 0 Å². The van der Waals surface area contributed by atoms with Crippen molar-refractivity contribution in [1.82, 2.24) is 10.6 Å². The standard InChI is InChI=1S/C14H20N2O2/c1-18-10-12-6-4-11(5-7-12)9-16-13-3-2-8-15-14(13)17/h4-7,13,16H,2-3,8-10H2,1H3,(H,15,17). The van der Waals surface area contributed by atoms with Gasteiger partial charge >= 0.3 is 0 Å². The predicted octanol–water partition coefficient (Wildman–Crippen LogP) is 1.20. The van der Waals surface area contributed by atoms with E-state index in [1.54, 1.807) is 7.11 Å². The van der Waals surface area contributed by atoms with Gasteiger partial charge in [0.05, 0.1) is 12.6 Å². The lowest BCUT2D eigenvalue weighted by Gasteiger charge is -2.22. The molecule has 1 aliphatic heterocycles. The van der Waals surface area contributed by atoms with E-state index in [1.807, 2.05) is 0 Å². The fourth-order valence-corrected chi connectivity index (χ4v) is 2.13. The van der Waals surface area contributed by atoms with Gasteiger partial charge in [0.25, 0.3) is 0 Å². The number of carbonyl (C=O) groups excluding carboxylic acids is 1. The molecular formula is C14H20N2O2. The lowest BCUT2D eigenvalue weighted by atomic mass is 10.1. The molecule has 0 bridgehead atoms. The van der Waals surface area contributed by atoms with Crippen LogP contribution in [0.2, 0.25) is 0 Å². The highest BCUT2D eigenvalue weighted by molar-refractivity contribution is 5.82. The molecule has 0 aromatic heterocycles. The first-order chi connectivity index (χ1) is 8.79. The van der Waals surface area contributed by atoms with Crippen molar-refractivity contribution in [3.05, 3.63) is 35.4 Å². The molecule has 1 amide bonds. The third-order valence-corrected chi connectivity index (χ3v) is 3.17. The predicted molar refractivity (Wildman–Crippen MR) is 70.0 cm³/mol. The minimum absolute atomic E-state index is 0.0441. The molecule has 1 aliphatic rings. The fraction of sp³-hybridized carbons (Fsp3) is 0.500. The van der Waals surface area contributed by atoms with Crippen LogP contribution >= 0.6 is 0 Å². The highest BCUT2D eigenvalue weighted by atomic mass is 16.5. The molecule has 0 radical (unpaired) electrons. The molecule has 2 N–H and O–H groups in total. The van der Waals surface area contributed by atoms with E-state index in [0.717, 1.165) is 31.5 Å². The van der Waals surface area contributed by atoms with Gasteiger partial charge in [-0.3, -0.25) is 4.79 Å². The zero-order valence-electron chi connectivity index (χ0n) is 10.7. The van der Waals surface area contributed by atoms with Crippen molar-refractivity contribution >= 4 is 5.91 Å². The Hall–Kier alpha value is -1.39. The molecule has 2 rings (SSSR count). The number of ether oxygens (including phenoxy) is 1. The van der Waals surface area contributed by atoms with Gasteiger partial charge in [-0.2, -0.15) is 0 Å². The fourth-order valence-electron chi connectivity index (χ4n) is 2.13. The quantitative estimate of drug-likeness (QED) is 0.823. The number of hydrogen-bond donors (Lipinski definition) is 2. The van der Waals surface area contributed by atoms with Crippen molar-refractivity contribution in [2.45, 2.75) is 32.0 Å².